The zero-order valence-corrected chi connectivity index (χ0v) is 22.2. The Hall–Kier alpha value is -3.36. The first-order valence-corrected chi connectivity index (χ1v) is 14.0. The number of benzene rings is 2. The second-order valence-corrected chi connectivity index (χ2v) is 10.6. The topological polar surface area (TPSA) is 80.0 Å². The van der Waals surface area contributed by atoms with Gasteiger partial charge in [0.05, 0.1) is 16.2 Å². The lowest BCUT2D eigenvalue weighted by Gasteiger charge is -2.22. The summed E-state index contributed by atoms with van der Waals surface area (Å²) < 4.78 is 5.25. The van der Waals surface area contributed by atoms with Crippen LogP contribution in [0.25, 0.3) is 27.7 Å². The van der Waals surface area contributed by atoms with Crippen molar-refractivity contribution >= 4 is 51.7 Å². The van der Waals surface area contributed by atoms with Crippen LogP contribution in [-0.4, -0.2) is 30.6 Å². The fourth-order valence-corrected chi connectivity index (χ4v) is 5.92. The molecular formula is C28H28ClN7S. The van der Waals surface area contributed by atoms with Crippen LogP contribution in [0.15, 0.2) is 66.0 Å². The zero-order chi connectivity index (χ0) is 25.2. The molecule has 3 heterocycles. The van der Waals surface area contributed by atoms with E-state index in [4.69, 9.17) is 16.6 Å². The first-order chi connectivity index (χ1) is 18.2. The zero-order valence-electron chi connectivity index (χ0n) is 20.6. The van der Waals surface area contributed by atoms with Gasteiger partial charge in [-0.2, -0.15) is 5.10 Å². The van der Waals surface area contributed by atoms with Gasteiger partial charge >= 0.3 is 0 Å². The lowest BCUT2D eigenvalue weighted by Crippen LogP contribution is -2.23. The summed E-state index contributed by atoms with van der Waals surface area (Å²) in [5.74, 6) is 1.46. The first-order valence-electron chi connectivity index (χ1n) is 12.8. The number of fused-ring (bicyclic) bond motifs is 2. The van der Waals surface area contributed by atoms with Crippen LogP contribution in [0.5, 0.6) is 0 Å². The molecule has 0 atom stereocenters. The Kier molecular flexibility index (Phi) is 6.85. The number of aryl methyl sites for hydroxylation is 1. The highest BCUT2D eigenvalue weighted by Crippen LogP contribution is 2.32. The maximum atomic E-state index is 6.31. The van der Waals surface area contributed by atoms with Gasteiger partial charge in [-0.15, -0.1) is 0 Å². The van der Waals surface area contributed by atoms with E-state index in [1.165, 1.54) is 49.6 Å². The number of nitrogens with one attached hydrogen (secondary N) is 2. The highest BCUT2D eigenvalue weighted by Gasteiger charge is 2.16. The van der Waals surface area contributed by atoms with E-state index >= 15 is 0 Å². The molecular weight excluding hydrogens is 502 g/mol. The third kappa shape index (κ3) is 4.95. The maximum Gasteiger partial charge on any atom is 0.223 e. The SMILES string of the molecule is CCc1cc(-c2ccc3c(NSc4ccccc4Cl)ncnn23)cc2cnc(NC3CCCCC3)nc12. The van der Waals surface area contributed by atoms with Crippen molar-refractivity contribution < 1.29 is 0 Å². The summed E-state index contributed by atoms with van der Waals surface area (Å²) in [6.07, 6.45) is 10.7. The number of hydrogen-bond donors (Lipinski definition) is 2. The van der Waals surface area contributed by atoms with Gasteiger partial charge in [0.1, 0.15) is 11.8 Å². The predicted octanol–water partition coefficient (Wildman–Crippen LogP) is 7.42. The van der Waals surface area contributed by atoms with E-state index in [2.05, 4.69) is 50.2 Å². The summed E-state index contributed by atoms with van der Waals surface area (Å²) in [5.41, 5.74) is 5.15. The molecule has 1 saturated carbocycles. The molecule has 0 bridgehead atoms. The lowest BCUT2D eigenvalue weighted by molar-refractivity contribution is 0.461. The van der Waals surface area contributed by atoms with Crippen LogP contribution in [0.2, 0.25) is 5.02 Å². The summed E-state index contributed by atoms with van der Waals surface area (Å²) in [6.45, 7) is 2.17. The molecule has 7 nitrogen and oxygen atoms in total. The molecule has 3 aromatic heterocycles. The molecule has 1 fully saturated rings. The Labute approximate surface area is 225 Å². The van der Waals surface area contributed by atoms with Crippen LogP contribution < -0.4 is 10.0 Å². The van der Waals surface area contributed by atoms with Crippen molar-refractivity contribution in [3.63, 3.8) is 0 Å². The second-order valence-electron chi connectivity index (χ2n) is 9.36. The molecule has 5 aromatic rings. The maximum absolute atomic E-state index is 6.31. The van der Waals surface area contributed by atoms with Crippen molar-refractivity contribution in [1.29, 1.82) is 0 Å². The van der Waals surface area contributed by atoms with Crippen LogP contribution in [0.3, 0.4) is 0 Å². The quantitative estimate of drug-likeness (QED) is 0.212. The molecule has 37 heavy (non-hydrogen) atoms. The molecule has 9 heteroatoms. The van der Waals surface area contributed by atoms with Gasteiger partial charge in [0, 0.05) is 28.1 Å². The summed E-state index contributed by atoms with van der Waals surface area (Å²) in [5, 5.41) is 9.84. The van der Waals surface area contributed by atoms with Crippen molar-refractivity contribution in [2.45, 2.75) is 56.4 Å². The van der Waals surface area contributed by atoms with E-state index in [9.17, 15) is 0 Å². The van der Waals surface area contributed by atoms with Crippen molar-refractivity contribution in [3.05, 3.63) is 71.6 Å². The van der Waals surface area contributed by atoms with Crippen molar-refractivity contribution in [1.82, 2.24) is 24.6 Å². The molecule has 188 valence electrons. The Bertz CT molecular complexity index is 1560. The van der Waals surface area contributed by atoms with Crippen molar-refractivity contribution in [2.24, 2.45) is 0 Å². The van der Waals surface area contributed by atoms with Crippen LogP contribution in [0.4, 0.5) is 11.8 Å². The third-order valence-electron chi connectivity index (χ3n) is 6.92. The standard InChI is InChI=1S/C28H28ClN7S/c1-2-18-14-19(15-20-16-30-28(34-26(18)20)33-21-8-4-3-5-9-21)23-12-13-24-27(31-17-32-36(23)24)35-37-25-11-7-6-10-22(25)29/h6-7,10-17,21H,2-5,8-9H2,1H3,(H,30,33,34)(H,31,32,35). The van der Waals surface area contributed by atoms with E-state index < -0.39 is 0 Å². The number of hydrogen-bond acceptors (Lipinski definition) is 7. The summed E-state index contributed by atoms with van der Waals surface area (Å²) in [4.78, 5) is 15.0. The lowest BCUT2D eigenvalue weighted by atomic mass is 9.96. The minimum atomic E-state index is 0.473. The molecule has 0 saturated heterocycles. The minimum Gasteiger partial charge on any atom is -0.351 e. The molecule has 6 rings (SSSR count). The summed E-state index contributed by atoms with van der Waals surface area (Å²) in [7, 11) is 0. The number of rotatable bonds is 7. The first kappa shape index (κ1) is 24.0. The Morgan fingerprint density at radius 2 is 1.92 bits per heavy atom. The van der Waals surface area contributed by atoms with Gasteiger partial charge in [0.15, 0.2) is 5.82 Å². The highest BCUT2D eigenvalue weighted by atomic mass is 35.5. The molecule has 1 aliphatic carbocycles. The number of halogens is 1. The Balaban J connectivity index is 1.31. The molecule has 2 aromatic carbocycles. The molecule has 0 aliphatic heterocycles. The van der Waals surface area contributed by atoms with E-state index in [1.807, 2.05) is 41.0 Å². The Morgan fingerprint density at radius 3 is 2.76 bits per heavy atom. The molecule has 0 spiro atoms. The van der Waals surface area contributed by atoms with E-state index in [0.717, 1.165) is 50.8 Å². The average molecular weight is 530 g/mol. The third-order valence-corrected chi connectivity index (χ3v) is 8.24. The van der Waals surface area contributed by atoms with Gasteiger partial charge in [-0.05, 0) is 73.2 Å². The fourth-order valence-electron chi connectivity index (χ4n) is 5.00. The number of nitrogens with zero attached hydrogens (tertiary/aromatic N) is 5. The van der Waals surface area contributed by atoms with Crippen LogP contribution in [0, 0.1) is 0 Å². The predicted molar refractivity (Wildman–Crippen MR) is 152 cm³/mol. The summed E-state index contributed by atoms with van der Waals surface area (Å²) in [6, 6.07) is 16.7. The average Bonchev–Trinajstić information content (AvgIpc) is 3.37. The smallest absolute Gasteiger partial charge is 0.223 e. The second kappa shape index (κ2) is 10.6. The molecule has 1 aliphatic rings. The minimum absolute atomic E-state index is 0.473. The number of aromatic nitrogens is 5. The van der Waals surface area contributed by atoms with Gasteiger partial charge in [-0.1, -0.05) is 49.9 Å². The molecule has 2 N–H and O–H groups in total. The fraction of sp³-hybridized carbons (Fsp3) is 0.286. The molecule has 0 unspecified atom stereocenters. The van der Waals surface area contributed by atoms with Gasteiger partial charge in [0.25, 0.3) is 0 Å². The number of anilines is 2. The normalized spacial score (nSPS) is 14.3. The molecule has 0 radical (unpaired) electrons. The van der Waals surface area contributed by atoms with Crippen molar-refractivity contribution in [2.75, 3.05) is 10.0 Å². The van der Waals surface area contributed by atoms with Gasteiger partial charge < -0.3 is 10.0 Å². The van der Waals surface area contributed by atoms with Gasteiger partial charge in [-0.3, -0.25) is 0 Å². The van der Waals surface area contributed by atoms with Gasteiger partial charge in [-0.25, -0.2) is 19.5 Å². The highest BCUT2D eigenvalue weighted by molar-refractivity contribution is 8.00. The Morgan fingerprint density at radius 1 is 1.05 bits per heavy atom. The van der Waals surface area contributed by atoms with Crippen molar-refractivity contribution in [3.8, 4) is 11.3 Å². The largest absolute Gasteiger partial charge is 0.351 e. The monoisotopic (exact) mass is 529 g/mol. The van der Waals surface area contributed by atoms with Crippen LogP contribution >= 0.6 is 23.5 Å². The summed E-state index contributed by atoms with van der Waals surface area (Å²) >= 11 is 7.75. The van der Waals surface area contributed by atoms with E-state index in [0.29, 0.717) is 11.1 Å². The van der Waals surface area contributed by atoms with E-state index in [-0.39, 0.29) is 0 Å². The molecule has 0 amide bonds. The van der Waals surface area contributed by atoms with E-state index in [1.54, 1.807) is 6.33 Å². The van der Waals surface area contributed by atoms with Crippen LogP contribution in [-0.2, 0) is 6.42 Å². The van der Waals surface area contributed by atoms with Crippen LogP contribution in [0.1, 0.15) is 44.6 Å². The van der Waals surface area contributed by atoms with Gasteiger partial charge in [0.2, 0.25) is 5.95 Å².